The van der Waals surface area contributed by atoms with E-state index in [9.17, 15) is 4.79 Å². The molecule has 130 valence electrons. The number of rotatable bonds is 4. The van der Waals surface area contributed by atoms with Crippen LogP contribution in [0.2, 0.25) is 0 Å². The zero-order valence-corrected chi connectivity index (χ0v) is 14.7. The van der Waals surface area contributed by atoms with Gasteiger partial charge in [0.05, 0.1) is 12.2 Å². The zero-order valence-electron chi connectivity index (χ0n) is 14.7. The van der Waals surface area contributed by atoms with Gasteiger partial charge in [-0.3, -0.25) is 9.89 Å². The molecule has 0 radical (unpaired) electrons. The van der Waals surface area contributed by atoms with Gasteiger partial charge in [0, 0.05) is 17.3 Å². The lowest BCUT2D eigenvalue weighted by molar-refractivity contribution is 0.878. The summed E-state index contributed by atoms with van der Waals surface area (Å²) in [5.74, 6) is 0.998. The summed E-state index contributed by atoms with van der Waals surface area (Å²) in [4.78, 5) is 21.4. The van der Waals surface area contributed by atoms with Crippen molar-refractivity contribution in [2.75, 3.05) is 5.32 Å². The van der Waals surface area contributed by atoms with Crippen molar-refractivity contribution in [3.63, 3.8) is 0 Å². The molecule has 2 heterocycles. The molecule has 0 saturated carbocycles. The predicted molar refractivity (Wildman–Crippen MR) is 102 cm³/mol. The van der Waals surface area contributed by atoms with Crippen molar-refractivity contribution in [2.24, 2.45) is 0 Å². The van der Waals surface area contributed by atoms with Crippen LogP contribution in [0.25, 0.3) is 17.2 Å². The van der Waals surface area contributed by atoms with Crippen LogP contribution in [-0.4, -0.2) is 19.6 Å². The van der Waals surface area contributed by atoms with Crippen molar-refractivity contribution in [3.05, 3.63) is 81.8 Å². The van der Waals surface area contributed by atoms with E-state index in [0.29, 0.717) is 23.8 Å². The summed E-state index contributed by atoms with van der Waals surface area (Å²) >= 11 is 0. The van der Waals surface area contributed by atoms with E-state index in [1.807, 2.05) is 62.4 Å². The number of hydrogen-bond acceptors (Lipinski definition) is 4. The minimum atomic E-state index is -0.178. The van der Waals surface area contributed by atoms with Crippen LogP contribution in [0.4, 0.5) is 5.69 Å². The molecule has 6 heteroatoms. The highest BCUT2D eigenvalue weighted by molar-refractivity contribution is 5.58. The first-order valence-corrected chi connectivity index (χ1v) is 8.45. The van der Waals surface area contributed by atoms with Crippen LogP contribution in [-0.2, 0) is 6.54 Å². The molecular weight excluding hydrogens is 326 g/mol. The number of anilines is 1. The lowest BCUT2D eigenvalue weighted by Gasteiger charge is -2.08. The van der Waals surface area contributed by atoms with Gasteiger partial charge in [-0.15, -0.1) is 0 Å². The van der Waals surface area contributed by atoms with E-state index in [0.717, 1.165) is 22.4 Å². The molecule has 0 aliphatic carbocycles. The number of para-hydroxylation sites is 1. The fraction of sp³-hybridized carbons (Fsp3) is 0.150. The molecule has 0 spiro atoms. The number of benzene rings is 2. The van der Waals surface area contributed by atoms with Gasteiger partial charge < -0.3 is 5.32 Å². The Labute approximate surface area is 150 Å². The number of nitrogens with one attached hydrogen (secondary N) is 2. The van der Waals surface area contributed by atoms with Crippen molar-refractivity contribution >= 4 is 11.5 Å². The largest absolute Gasteiger partial charge is 0.379 e. The molecule has 6 nitrogen and oxygen atoms in total. The normalized spacial score (nSPS) is 11.0. The Bertz CT molecular complexity index is 1140. The lowest BCUT2D eigenvalue weighted by Crippen LogP contribution is -2.17. The van der Waals surface area contributed by atoms with Gasteiger partial charge in [-0.2, -0.15) is 9.50 Å². The molecule has 0 amide bonds. The van der Waals surface area contributed by atoms with Gasteiger partial charge in [-0.1, -0.05) is 42.0 Å². The summed E-state index contributed by atoms with van der Waals surface area (Å²) in [5.41, 5.74) is 4.70. The van der Waals surface area contributed by atoms with Crippen LogP contribution >= 0.6 is 0 Å². The lowest BCUT2D eigenvalue weighted by atomic mass is 10.1. The number of nitrogens with zero attached hydrogens (tertiary/aromatic N) is 3. The maximum Gasteiger partial charge on any atom is 0.274 e. The first-order chi connectivity index (χ1) is 12.6. The Morgan fingerprint density at radius 1 is 1.04 bits per heavy atom. The molecular formula is C20H19N5O. The molecule has 0 bridgehead atoms. The smallest absolute Gasteiger partial charge is 0.274 e. The topological polar surface area (TPSA) is 75.1 Å². The SMILES string of the molecule is Cc1cccc(-c2nc3nc(CNc4ccccc4C)cc(=O)n3[nH]2)c1. The number of H-pyrrole nitrogens is 1. The fourth-order valence-electron chi connectivity index (χ4n) is 2.90. The number of aryl methyl sites for hydroxylation is 2. The Kier molecular flexibility index (Phi) is 4.01. The highest BCUT2D eigenvalue weighted by atomic mass is 16.1. The van der Waals surface area contributed by atoms with E-state index in [-0.39, 0.29) is 5.56 Å². The third kappa shape index (κ3) is 3.09. The summed E-state index contributed by atoms with van der Waals surface area (Å²) in [5, 5.41) is 6.35. The molecule has 0 aliphatic rings. The van der Waals surface area contributed by atoms with Crippen molar-refractivity contribution < 1.29 is 0 Å². The molecule has 4 aromatic rings. The monoisotopic (exact) mass is 345 g/mol. The quantitative estimate of drug-likeness (QED) is 0.595. The van der Waals surface area contributed by atoms with Gasteiger partial charge in [0.25, 0.3) is 11.3 Å². The van der Waals surface area contributed by atoms with Gasteiger partial charge in [0.15, 0.2) is 5.82 Å². The number of hydrogen-bond donors (Lipinski definition) is 2. The van der Waals surface area contributed by atoms with Crippen LogP contribution in [0.1, 0.15) is 16.8 Å². The summed E-state index contributed by atoms with van der Waals surface area (Å²) in [6.45, 7) is 4.52. The Morgan fingerprint density at radius 3 is 2.69 bits per heavy atom. The zero-order chi connectivity index (χ0) is 18.1. The molecule has 4 rings (SSSR count). The molecule has 2 aromatic heterocycles. The van der Waals surface area contributed by atoms with Gasteiger partial charge in [0.2, 0.25) is 0 Å². The van der Waals surface area contributed by atoms with Crippen LogP contribution in [0.3, 0.4) is 0 Å². The van der Waals surface area contributed by atoms with E-state index >= 15 is 0 Å². The van der Waals surface area contributed by atoms with Gasteiger partial charge in [-0.05, 0) is 31.5 Å². The summed E-state index contributed by atoms with van der Waals surface area (Å²) < 4.78 is 1.37. The Hall–Kier alpha value is -3.41. The van der Waals surface area contributed by atoms with E-state index in [1.165, 1.54) is 10.6 Å². The van der Waals surface area contributed by atoms with Crippen LogP contribution < -0.4 is 10.9 Å². The molecule has 0 atom stereocenters. The van der Waals surface area contributed by atoms with Crippen molar-refractivity contribution in [2.45, 2.75) is 20.4 Å². The molecule has 26 heavy (non-hydrogen) atoms. The van der Waals surface area contributed by atoms with E-state index in [1.54, 1.807) is 0 Å². The second-order valence-corrected chi connectivity index (χ2v) is 6.33. The Morgan fingerprint density at radius 2 is 1.88 bits per heavy atom. The summed E-state index contributed by atoms with van der Waals surface area (Å²) in [7, 11) is 0. The van der Waals surface area contributed by atoms with Gasteiger partial charge >= 0.3 is 0 Å². The minimum absolute atomic E-state index is 0.178. The summed E-state index contributed by atoms with van der Waals surface area (Å²) in [6, 6.07) is 17.5. The molecule has 2 aromatic carbocycles. The van der Waals surface area contributed by atoms with Gasteiger partial charge in [-0.25, -0.2) is 4.98 Å². The second-order valence-electron chi connectivity index (χ2n) is 6.33. The van der Waals surface area contributed by atoms with Crippen LogP contribution in [0.15, 0.2) is 59.4 Å². The molecule has 2 N–H and O–H groups in total. The average molecular weight is 345 g/mol. The average Bonchev–Trinajstić information content (AvgIpc) is 3.06. The summed E-state index contributed by atoms with van der Waals surface area (Å²) in [6.07, 6.45) is 0. The highest BCUT2D eigenvalue weighted by Gasteiger charge is 2.10. The number of aromatic amines is 1. The third-order valence-corrected chi connectivity index (χ3v) is 4.28. The number of aromatic nitrogens is 4. The molecule has 0 aliphatic heterocycles. The molecule has 0 fully saturated rings. The highest BCUT2D eigenvalue weighted by Crippen LogP contribution is 2.17. The second kappa shape index (κ2) is 6.48. The van der Waals surface area contributed by atoms with Crippen molar-refractivity contribution in [1.29, 1.82) is 0 Å². The van der Waals surface area contributed by atoms with Gasteiger partial charge in [0.1, 0.15) is 0 Å². The van der Waals surface area contributed by atoms with Crippen LogP contribution in [0, 0.1) is 13.8 Å². The maximum absolute atomic E-state index is 12.4. The third-order valence-electron chi connectivity index (χ3n) is 4.28. The first-order valence-electron chi connectivity index (χ1n) is 8.45. The standard InChI is InChI=1S/C20H19N5O/c1-13-6-5-8-15(10-13)19-23-20-22-16(11-18(26)25(20)24-19)12-21-17-9-4-3-7-14(17)2/h3-11,21H,12H2,1-2H3,(H,22,23,24). The van der Waals surface area contributed by atoms with Crippen molar-refractivity contribution in [1.82, 2.24) is 19.6 Å². The van der Waals surface area contributed by atoms with E-state index < -0.39 is 0 Å². The van der Waals surface area contributed by atoms with E-state index in [2.05, 4.69) is 20.4 Å². The maximum atomic E-state index is 12.4. The Balaban J connectivity index is 1.66. The fourth-order valence-corrected chi connectivity index (χ4v) is 2.90. The molecule has 0 unspecified atom stereocenters. The van der Waals surface area contributed by atoms with Crippen LogP contribution in [0.5, 0.6) is 0 Å². The van der Waals surface area contributed by atoms with Crippen molar-refractivity contribution in [3.8, 4) is 11.4 Å². The predicted octanol–water partition coefficient (Wildman–Crippen LogP) is 3.31. The first kappa shape index (κ1) is 16.1. The minimum Gasteiger partial charge on any atom is -0.379 e. The molecule has 0 saturated heterocycles. The number of fused-ring (bicyclic) bond motifs is 1. The van der Waals surface area contributed by atoms with E-state index in [4.69, 9.17) is 0 Å².